The SMILES string of the molecule is O=C(Cc1cc2n[nH]c(=O)n2cn1)c1ccccc1. The monoisotopic (exact) mass is 254 g/mol. The van der Waals surface area contributed by atoms with Crippen LogP contribution in [0.1, 0.15) is 16.1 Å². The highest BCUT2D eigenvalue weighted by Gasteiger charge is 2.09. The van der Waals surface area contributed by atoms with Crippen molar-refractivity contribution in [2.75, 3.05) is 0 Å². The molecule has 2 heterocycles. The maximum absolute atomic E-state index is 12.0. The highest BCUT2D eigenvalue weighted by Crippen LogP contribution is 2.06. The van der Waals surface area contributed by atoms with Crippen molar-refractivity contribution in [2.45, 2.75) is 6.42 Å². The van der Waals surface area contributed by atoms with Gasteiger partial charge in [0, 0.05) is 11.6 Å². The first kappa shape index (κ1) is 11.3. The molecule has 1 aromatic carbocycles. The molecule has 1 N–H and O–H groups in total. The first-order valence-corrected chi connectivity index (χ1v) is 5.74. The summed E-state index contributed by atoms with van der Waals surface area (Å²) in [7, 11) is 0. The zero-order valence-corrected chi connectivity index (χ0v) is 9.91. The van der Waals surface area contributed by atoms with E-state index in [1.54, 1.807) is 18.2 Å². The summed E-state index contributed by atoms with van der Waals surface area (Å²) in [5.74, 6) is -0.0182. The van der Waals surface area contributed by atoms with Crippen LogP contribution in [-0.2, 0) is 6.42 Å². The van der Waals surface area contributed by atoms with Crippen LogP contribution in [0.4, 0.5) is 0 Å². The molecule has 3 rings (SSSR count). The third-order valence-electron chi connectivity index (χ3n) is 2.80. The number of aromatic nitrogens is 4. The van der Waals surface area contributed by atoms with Crippen LogP contribution in [0.2, 0.25) is 0 Å². The molecule has 6 nitrogen and oxygen atoms in total. The number of ketones is 1. The van der Waals surface area contributed by atoms with Crippen LogP contribution in [-0.4, -0.2) is 25.4 Å². The van der Waals surface area contributed by atoms with Crippen LogP contribution >= 0.6 is 0 Å². The first-order chi connectivity index (χ1) is 9.24. The van der Waals surface area contributed by atoms with Crippen molar-refractivity contribution < 1.29 is 4.79 Å². The Hall–Kier alpha value is -2.76. The van der Waals surface area contributed by atoms with Crippen molar-refractivity contribution in [3.8, 4) is 0 Å². The zero-order valence-electron chi connectivity index (χ0n) is 9.91. The molecular formula is C13H10N4O2. The summed E-state index contributed by atoms with van der Waals surface area (Å²) in [5.41, 5.74) is 1.34. The molecule has 0 fully saturated rings. The van der Waals surface area contributed by atoms with E-state index in [4.69, 9.17) is 0 Å². The Bertz CT molecular complexity index is 789. The minimum Gasteiger partial charge on any atom is -0.294 e. The molecular weight excluding hydrogens is 244 g/mol. The average molecular weight is 254 g/mol. The molecule has 0 aliphatic carbocycles. The van der Waals surface area contributed by atoms with E-state index in [2.05, 4.69) is 15.2 Å². The van der Waals surface area contributed by atoms with Gasteiger partial charge in [0.05, 0.1) is 12.1 Å². The third kappa shape index (κ3) is 2.15. The molecule has 0 saturated heterocycles. The number of nitrogens with one attached hydrogen (secondary N) is 1. The molecule has 0 unspecified atom stereocenters. The average Bonchev–Trinajstić information content (AvgIpc) is 2.81. The molecule has 0 amide bonds. The van der Waals surface area contributed by atoms with Crippen molar-refractivity contribution >= 4 is 11.4 Å². The van der Waals surface area contributed by atoms with Gasteiger partial charge >= 0.3 is 5.69 Å². The van der Waals surface area contributed by atoms with Gasteiger partial charge in [0.2, 0.25) is 0 Å². The highest BCUT2D eigenvalue weighted by molar-refractivity contribution is 5.97. The van der Waals surface area contributed by atoms with Crippen LogP contribution in [0.3, 0.4) is 0 Å². The van der Waals surface area contributed by atoms with E-state index in [0.717, 1.165) is 0 Å². The van der Waals surface area contributed by atoms with Gasteiger partial charge in [-0.3, -0.25) is 4.79 Å². The molecule has 2 aromatic heterocycles. The Labute approximate surface area is 107 Å². The minimum absolute atomic E-state index is 0.0182. The second-order valence-corrected chi connectivity index (χ2v) is 4.10. The predicted molar refractivity (Wildman–Crippen MR) is 68.1 cm³/mol. The van der Waals surface area contributed by atoms with Crippen molar-refractivity contribution in [1.29, 1.82) is 0 Å². The fourth-order valence-corrected chi connectivity index (χ4v) is 1.84. The van der Waals surface area contributed by atoms with Gasteiger partial charge in [-0.1, -0.05) is 30.3 Å². The van der Waals surface area contributed by atoms with Crippen molar-refractivity contribution in [1.82, 2.24) is 19.6 Å². The molecule has 0 saturated carbocycles. The molecule has 0 spiro atoms. The Morgan fingerprint density at radius 1 is 1.26 bits per heavy atom. The van der Waals surface area contributed by atoms with Gasteiger partial charge < -0.3 is 0 Å². The third-order valence-corrected chi connectivity index (χ3v) is 2.80. The Morgan fingerprint density at radius 2 is 2.05 bits per heavy atom. The Kier molecular flexibility index (Phi) is 2.68. The van der Waals surface area contributed by atoms with Gasteiger partial charge in [-0.2, -0.15) is 5.10 Å². The minimum atomic E-state index is -0.344. The lowest BCUT2D eigenvalue weighted by atomic mass is 10.1. The summed E-state index contributed by atoms with van der Waals surface area (Å²) in [4.78, 5) is 27.4. The number of Topliss-reactive ketones (excluding diaryl/α,β-unsaturated/α-hetero) is 1. The lowest BCUT2D eigenvalue weighted by molar-refractivity contribution is 0.0992. The van der Waals surface area contributed by atoms with Crippen LogP contribution in [0.25, 0.3) is 5.65 Å². The van der Waals surface area contributed by atoms with Crippen LogP contribution in [0.5, 0.6) is 0 Å². The van der Waals surface area contributed by atoms with E-state index in [-0.39, 0.29) is 17.9 Å². The number of hydrogen-bond donors (Lipinski definition) is 1. The zero-order chi connectivity index (χ0) is 13.2. The van der Waals surface area contributed by atoms with Crippen molar-refractivity contribution in [3.05, 3.63) is 64.5 Å². The van der Waals surface area contributed by atoms with Gasteiger partial charge in [0.25, 0.3) is 0 Å². The fourth-order valence-electron chi connectivity index (χ4n) is 1.84. The van der Waals surface area contributed by atoms with Crippen molar-refractivity contribution in [2.24, 2.45) is 0 Å². The van der Waals surface area contributed by atoms with E-state index in [9.17, 15) is 9.59 Å². The second-order valence-electron chi connectivity index (χ2n) is 4.10. The fraction of sp³-hybridized carbons (Fsp3) is 0.0769. The van der Waals surface area contributed by atoms with E-state index in [0.29, 0.717) is 16.9 Å². The summed E-state index contributed by atoms with van der Waals surface area (Å²) in [5, 5.41) is 6.15. The maximum Gasteiger partial charge on any atom is 0.348 e. The number of fused-ring (bicyclic) bond motifs is 1. The lowest BCUT2D eigenvalue weighted by Gasteiger charge is -2.00. The number of H-pyrrole nitrogens is 1. The quantitative estimate of drug-likeness (QED) is 0.702. The predicted octanol–water partition coefficient (Wildman–Crippen LogP) is 0.843. The Balaban J connectivity index is 1.89. The second kappa shape index (κ2) is 4.49. The lowest BCUT2D eigenvalue weighted by Crippen LogP contribution is -2.11. The standard InChI is InChI=1S/C13H10N4O2/c18-11(9-4-2-1-3-5-9)6-10-7-12-15-16-13(19)17(12)8-14-10/h1-5,7-8H,6H2,(H,16,19). The molecule has 19 heavy (non-hydrogen) atoms. The Morgan fingerprint density at radius 3 is 2.84 bits per heavy atom. The molecule has 0 aliphatic rings. The molecule has 0 atom stereocenters. The molecule has 0 radical (unpaired) electrons. The van der Waals surface area contributed by atoms with Gasteiger partial charge in [-0.15, -0.1) is 0 Å². The van der Waals surface area contributed by atoms with Gasteiger partial charge in [-0.05, 0) is 0 Å². The molecule has 94 valence electrons. The topological polar surface area (TPSA) is 80.1 Å². The molecule has 0 aliphatic heterocycles. The molecule has 3 aromatic rings. The first-order valence-electron chi connectivity index (χ1n) is 5.74. The van der Waals surface area contributed by atoms with Crippen LogP contribution in [0.15, 0.2) is 47.5 Å². The van der Waals surface area contributed by atoms with Crippen LogP contribution < -0.4 is 5.69 Å². The summed E-state index contributed by atoms with van der Waals surface area (Å²) in [6.07, 6.45) is 1.55. The summed E-state index contributed by atoms with van der Waals surface area (Å²) >= 11 is 0. The largest absolute Gasteiger partial charge is 0.348 e. The van der Waals surface area contributed by atoms with E-state index >= 15 is 0 Å². The maximum atomic E-state index is 12.0. The highest BCUT2D eigenvalue weighted by atomic mass is 16.1. The van der Waals surface area contributed by atoms with E-state index in [1.807, 2.05) is 18.2 Å². The van der Waals surface area contributed by atoms with Crippen molar-refractivity contribution in [3.63, 3.8) is 0 Å². The van der Waals surface area contributed by atoms with E-state index < -0.39 is 0 Å². The number of carbonyl (C=O) groups is 1. The smallest absolute Gasteiger partial charge is 0.294 e. The van der Waals surface area contributed by atoms with Gasteiger partial charge in [0.1, 0.15) is 6.33 Å². The number of benzene rings is 1. The van der Waals surface area contributed by atoms with Crippen LogP contribution in [0, 0.1) is 0 Å². The van der Waals surface area contributed by atoms with E-state index in [1.165, 1.54) is 10.7 Å². The molecule has 6 heteroatoms. The number of aromatic amines is 1. The molecule has 0 bridgehead atoms. The summed E-state index contributed by atoms with van der Waals surface area (Å²) in [6.45, 7) is 0. The number of carbonyl (C=O) groups excluding carboxylic acids is 1. The summed E-state index contributed by atoms with van der Waals surface area (Å²) in [6, 6.07) is 10.6. The van der Waals surface area contributed by atoms with Gasteiger partial charge in [-0.25, -0.2) is 19.3 Å². The number of nitrogens with zero attached hydrogens (tertiary/aromatic N) is 3. The number of hydrogen-bond acceptors (Lipinski definition) is 4. The number of rotatable bonds is 3. The van der Waals surface area contributed by atoms with Gasteiger partial charge in [0.15, 0.2) is 11.4 Å². The summed E-state index contributed by atoms with van der Waals surface area (Å²) < 4.78 is 1.29. The normalized spacial score (nSPS) is 10.7.